The van der Waals surface area contributed by atoms with Gasteiger partial charge >= 0.3 is 6.75 Å². The maximum Gasteiger partial charge on any atom is 0.427 e. The first-order valence-electron chi connectivity index (χ1n) is 10.4. The molecule has 1 rings (SSSR count). The predicted octanol–water partition coefficient (Wildman–Crippen LogP) is 4.55. The van der Waals surface area contributed by atoms with E-state index < -0.39 is 21.3 Å². The lowest BCUT2D eigenvalue weighted by atomic mass is 9.71. The molecule has 1 heterocycles. The summed E-state index contributed by atoms with van der Waals surface area (Å²) in [7, 11) is -1.27. The van der Waals surface area contributed by atoms with E-state index in [9.17, 15) is 8.78 Å². The number of halogens is 2. The molecule has 0 unspecified atom stereocenters. The molecule has 0 amide bonds. The minimum atomic E-state index is -2.72. The Labute approximate surface area is 175 Å². The zero-order chi connectivity index (χ0) is 22.4. The molecule has 0 spiro atoms. The van der Waals surface area contributed by atoms with Crippen LogP contribution in [0.3, 0.4) is 0 Å². The van der Waals surface area contributed by atoms with Crippen molar-refractivity contribution in [2.45, 2.75) is 98.7 Å². The molecule has 0 bridgehead atoms. The van der Waals surface area contributed by atoms with Crippen LogP contribution in [0.2, 0.25) is 25.7 Å². The van der Waals surface area contributed by atoms with Crippen LogP contribution in [0, 0.1) is 0 Å². The molecular weight excluding hydrogens is 397 g/mol. The van der Waals surface area contributed by atoms with Crippen LogP contribution in [0.4, 0.5) is 8.78 Å². The highest BCUT2D eigenvalue weighted by atomic mass is 28.3. The summed E-state index contributed by atoms with van der Waals surface area (Å²) >= 11 is 0. The minimum Gasteiger partial charge on any atom is -0.538 e. The summed E-state index contributed by atoms with van der Waals surface area (Å²) in [5.74, 6) is 0. The summed E-state index contributed by atoms with van der Waals surface area (Å²) < 4.78 is 52.4. The Morgan fingerprint density at radius 1 is 0.966 bits per heavy atom. The smallest absolute Gasteiger partial charge is 0.427 e. The third kappa shape index (κ3) is 8.84. The normalized spacial score (nSPS) is 13.5. The molecule has 0 atom stereocenters. The predicted molar refractivity (Wildman–Crippen MR) is 115 cm³/mol. The lowest BCUT2D eigenvalue weighted by Gasteiger charge is -2.46. The molecule has 0 fully saturated rings. The van der Waals surface area contributed by atoms with Crippen molar-refractivity contribution >= 4 is 20.4 Å². The average molecular weight is 435 g/mol. The van der Waals surface area contributed by atoms with E-state index in [0.717, 1.165) is 6.04 Å². The van der Waals surface area contributed by atoms with Crippen molar-refractivity contribution in [2.24, 2.45) is 0 Å². The fourth-order valence-electron chi connectivity index (χ4n) is 2.86. The topological polar surface area (TPSA) is 54.7 Å². The molecule has 1 aromatic rings. The van der Waals surface area contributed by atoms with E-state index in [4.69, 9.17) is 18.7 Å². The summed E-state index contributed by atoms with van der Waals surface area (Å²) in [5.41, 5.74) is -0.0310. The minimum absolute atomic E-state index is 0.0282. The Morgan fingerprint density at radius 2 is 1.45 bits per heavy atom. The molecule has 29 heavy (non-hydrogen) atoms. The molecule has 0 aliphatic heterocycles. The lowest BCUT2D eigenvalue weighted by molar-refractivity contribution is 0.0114. The van der Waals surface area contributed by atoms with Crippen LogP contribution in [0.1, 0.15) is 53.7 Å². The summed E-state index contributed by atoms with van der Waals surface area (Å²) in [6, 6.07) is 2.27. The number of hydrogen-bond acceptors (Lipinski definition) is 5. The second-order valence-electron chi connectivity index (χ2n) is 9.34. The molecule has 10 heteroatoms. The number of alkyl halides is 2. The molecule has 1 aromatic heterocycles. The van der Waals surface area contributed by atoms with Gasteiger partial charge in [0.25, 0.3) is 6.43 Å². The summed E-state index contributed by atoms with van der Waals surface area (Å²) in [5, 5.41) is 4.06. The van der Waals surface area contributed by atoms with Gasteiger partial charge in [-0.3, -0.25) is 4.68 Å². The van der Waals surface area contributed by atoms with Gasteiger partial charge < -0.3 is 18.7 Å². The number of aromatic nitrogens is 2. The third-order valence-corrected chi connectivity index (χ3v) is 5.68. The number of nitrogens with zero attached hydrogens (tertiary/aromatic N) is 2. The quantitative estimate of drug-likeness (QED) is 0.336. The van der Waals surface area contributed by atoms with Crippen LogP contribution in [0.5, 0.6) is 0 Å². The molecule has 170 valence electrons. The zero-order valence-electron chi connectivity index (χ0n) is 19.4. The van der Waals surface area contributed by atoms with Gasteiger partial charge in [0.2, 0.25) is 0 Å². The van der Waals surface area contributed by atoms with Gasteiger partial charge in [-0.1, -0.05) is 19.6 Å². The van der Waals surface area contributed by atoms with Gasteiger partial charge in [0, 0.05) is 33.0 Å². The van der Waals surface area contributed by atoms with Crippen molar-refractivity contribution < 1.29 is 27.5 Å². The van der Waals surface area contributed by atoms with Crippen LogP contribution in [0.25, 0.3) is 0 Å². The lowest BCUT2D eigenvalue weighted by Crippen LogP contribution is -2.62. The zero-order valence-corrected chi connectivity index (χ0v) is 20.4. The standard InChI is InChI=1S/C19H38BF2N2O4Si/c1-14(2)26-20(27-15(3)4,28-16(5)6)18-12-17(19(21)22)23-24(18)13-25-10-11-29(7,8)9/h12,14-16,19H,10-11,13H2,1-9H3/q-1. The first-order valence-corrected chi connectivity index (χ1v) is 14.1. The van der Waals surface area contributed by atoms with E-state index in [1.807, 2.05) is 41.5 Å². The van der Waals surface area contributed by atoms with Crippen molar-refractivity contribution in [2.75, 3.05) is 6.61 Å². The highest BCUT2D eigenvalue weighted by molar-refractivity contribution is 6.76. The van der Waals surface area contributed by atoms with Crippen LogP contribution < -0.4 is 5.59 Å². The Morgan fingerprint density at radius 3 is 1.83 bits per heavy atom. The number of ether oxygens (including phenoxy) is 1. The second kappa shape index (κ2) is 11.0. The van der Waals surface area contributed by atoms with Crippen LogP contribution >= 0.6 is 0 Å². The van der Waals surface area contributed by atoms with Gasteiger partial charge in [0.05, 0.1) is 0 Å². The molecule has 0 radical (unpaired) electrons. The van der Waals surface area contributed by atoms with Crippen LogP contribution in [-0.4, -0.2) is 49.5 Å². The number of rotatable bonds is 13. The van der Waals surface area contributed by atoms with Crippen molar-refractivity contribution in [3.8, 4) is 0 Å². The Hall–Kier alpha value is -0.808. The molecule has 0 aliphatic rings. The highest BCUT2D eigenvalue weighted by Crippen LogP contribution is 2.22. The molecule has 6 nitrogen and oxygen atoms in total. The maximum absolute atomic E-state index is 13.5. The van der Waals surface area contributed by atoms with Gasteiger partial charge in [0.15, 0.2) is 0 Å². The van der Waals surface area contributed by atoms with Crippen molar-refractivity contribution in [3.05, 3.63) is 11.8 Å². The van der Waals surface area contributed by atoms with E-state index in [1.165, 1.54) is 10.7 Å². The van der Waals surface area contributed by atoms with E-state index in [-0.39, 0.29) is 30.7 Å². The molecule has 0 saturated heterocycles. The first-order chi connectivity index (χ1) is 13.3. The average Bonchev–Trinajstić information content (AvgIpc) is 2.93. The highest BCUT2D eigenvalue weighted by Gasteiger charge is 2.39. The summed E-state index contributed by atoms with van der Waals surface area (Å²) in [6.07, 6.45) is -3.47. The Balaban J connectivity index is 3.32. The third-order valence-electron chi connectivity index (χ3n) is 3.98. The van der Waals surface area contributed by atoms with Gasteiger partial charge in [-0.15, -0.1) is 0 Å². The van der Waals surface area contributed by atoms with Crippen LogP contribution in [-0.2, 0) is 25.4 Å². The summed E-state index contributed by atoms with van der Waals surface area (Å²) in [6.45, 7) is 15.9. The Bertz CT molecular complexity index is 595. The van der Waals surface area contributed by atoms with Gasteiger partial charge in [-0.05, 0) is 59.2 Å². The van der Waals surface area contributed by atoms with E-state index in [2.05, 4.69) is 24.7 Å². The van der Waals surface area contributed by atoms with Crippen molar-refractivity contribution in [1.82, 2.24) is 9.78 Å². The maximum atomic E-state index is 13.5. The molecule has 0 N–H and O–H groups in total. The summed E-state index contributed by atoms with van der Waals surface area (Å²) in [4.78, 5) is 0. The second-order valence-corrected chi connectivity index (χ2v) is 15.0. The Kier molecular flexibility index (Phi) is 9.94. The van der Waals surface area contributed by atoms with Crippen molar-refractivity contribution in [1.29, 1.82) is 0 Å². The number of hydrogen-bond donors (Lipinski definition) is 0. The molecule has 0 aromatic carbocycles. The fraction of sp³-hybridized carbons (Fsp3) is 0.842. The molecule has 0 aliphatic carbocycles. The fourth-order valence-corrected chi connectivity index (χ4v) is 3.61. The van der Waals surface area contributed by atoms with E-state index in [1.54, 1.807) is 0 Å². The van der Waals surface area contributed by atoms with Crippen LogP contribution in [0.15, 0.2) is 6.07 Å². The molecular formula is C19H38BF2N2O4Si-. The van der Waals surface area contributed by atoms with Gasteiger partial charge in [-0.25, -0.2) is 8.78 Å². The van der Waals surface area contributed by atoms with Crippen molar-refractivity contribution in [3.63, 3.8) is 0 Å². The molecule has 0 saturated carbocycles. The van der Waals surface area contributed by atoms with E-state index in [0.29, 0.717) is 12.2 Å². The first kappa shape index (κ1) is 26.2. The van der Waals surface area contributed by atoms with Gasteiger partial charge in [-0.2, -0.15) is 5.10 Å². The monoisotopic (exact) mass is 435 g/mol. The largest absolute Gasteiger partial charge is 0.538 e. The van der Waals surface area contributed by atoms with E-state index >= 15 is 0 Å². The van der Waals surface area contributed by atoms with Gasteiger partial charge in [0.1, 0.15) is 12.4 Å². The SMILES string of the molecule is CC(C)O[B-](OC(C)C)(OC(C)C)c1cc(C(F)F)nn1COCC[Si](C)(C)C.